The van der Waals surface area contributed by atoms with E-state index >= 15 is 0 Å². The lowest BCUT2D eigenvalue weighted by Crippen LogP contribution is -2.45. The Morgan fingerprint density at radius 1 is 1.15 bits per heavy atom. The van der Waals surface area contributed by atoms with Crippen LogP contribution in [0.2, 0.25) is 0 Å². The first-order chi connectivity index (χ1) is 9.56. The second kappa shape index (κ2) is 8.79. The zero-order valence-electron chi connectivity index (χ0n) is 12.8. The van der Waals surface area contributed by atoms with Crippen LogP contribution in [-0.2, 0) is 14.3 Å². The maximum Gasteiger partial charge on any atom is 0.319 e. The molecule has 0 atom stereocenters. The lowest BCUT2D eigenvalue weighted by Gasteiger charge is -2.32. The SMILES string of the molecule is CCCOCCOC(=O)C1CCN(C(=O)N(C)C)CC1. The van der Waals surface area contributed by atoms with Crippen molar-refractivity contribution in [1.82, 2.24) is 9.80 Å². The van der Waals surface area contributed by atoms with Gasteiger partial charge >= 0.3 is 12.0 Å². The van der Waals surface area contributed by atoms with Gasteiger partial charge in [0.1, 0.15) is 6.61 Å². The average Bonchev–Trinajstić information content (AvgIpc) is 2.46. The second-order valence-electron chi connectivity index (χ2n) is 5.22. The molecule has 2 amide bonds. The molecule has 0 spiro atoms. The fourth-order valence-corrected chi connectivity index (χ4v) is 2.15. The minimum atomic E-state index is -0.165. The average molecular weight is 286 g/mol. The van der Waals surface area contributed by atoms with Crippen LogP contribution < -0.4 is 0 Å². The van der Waals surface area contributed by atoms with E-state index in [4.69, 9.17) is 9.47 Å². The van der Waals surface area contributed by atoms with E-state index in [-0.39, 0.29) is 17.9 Å². The highest BCUT2D eigenvalue weighted by atomic mass is 16.6. The third-order valence-electron chi connectivity index (χ3n) is 3.30. The molecule has 0 N–H and O–H groups in total. The Labute approximate surface area is 121 Å². The molecule has 1 rings (SSSR count). The Morgan fingerprint density at radius 2 is 1.80 bits per heavy atom. The van der Waals surface area contributed by atoms with Crippen molar-refractivity contribution in [2.24, 2.45) is 5.92 Å². The van der Waals surface area contributed by atoms with E-state index < -0.39 is 0 Å². The largest absolute Gasteiger partial charge is 0.463 e. The van der Waals surface area contributed by atoms with Crippen molar-refractivity contribution in [3.05, 3.63) is 0 Å². The first kappa shape index (κ1) is 16.8. The number of ether oxygens (including phenoxy) is 2. The number of piperidine rings is 1. The minimum Gasteiger partial charge on any atom is -0.463 e. The van der Waals surface area contributed by atoms with Gasteiger partial charge in [-0.15, -0.1) is 0 Å². The van der Waals surface area contributed by atoms with Crippen LogP contribution in [0.3, 0.4) is 0 Å². The summed E-state index contributed by atoms with van der Waals surface area (Å²) < 4.78 is 10.5. The number of urea groups is 1. The number of esters is 1. The van der Waals surface area contributed by atoms with Gasteiger partial charge in [0.25, 0.3) is 0 Å². The van der Waals surface area contributed by atoms with Gasteiger partial charge in [-0.2, -0.15) is 0 Å². The van der Waals surface area contributed by atoms with E-state index in [9.17, 15) is 9.59 Å². The van der Waals surface area contributed by atoms with Crippen LogP contribution in [0.15, 0.2) is 0 Å². The van der Waals surface area contributed by atoms with Gasteiger partial charge in [0.2, 0.25) is 0 Å². The molecule has 0 aromatic heterocycles. The van der Waals surface area contributed by atoms with E-state index in [0.717, 1.165) is 6.42 Å². The number of likely N-dealkylation sites (tertiary alicyclic amines) is 1. The van der Waals surface area contributed by atoms with Crippen LogP contribution in [0.25, 0.3) is 0 Å². The number of carbonyl (C=O) groups is 2. The third-order valence-corrected chi connectivity index (χ3v) is 3.30. The monoisotopic (exact) mass is 286 g/mol. The van der Waals surface area contributed by atoms with Gasteiger partial charge < -0.3 is 19.3 Å². The molecule has 6 nitrogen and oxygen atoms in total. The highest BCUT2D eigenvalue weighted by Crippen LogP contribution is 2.19. The Bertz CT molecular complexity index is 312. The van der Waals surface area contributed by atoms with Crippen molar-refractivity contribution < 1.29 is 19.1 Å². The van der Waals surface area contributed by atoms with Crippen LogP contribution in [0.4, 0.5) is 4.79 Å². The molecule has 1 saturated heterocycles. The molecule has 20 heavy (non-hydrogen) atoms. The molecule has 0 unspecified atom stereocenters. The van der Waals surface area contributed by atoms with Crippen molar-refractivity contribution in [1.29, 1.82) is 0 Å². The standard InChI is InChI=1S/C14H26N2O4/c1-4-9-19-10-11-20-13(17)12-5-7-16(8-6-12)14(18)15(2)3/h12H,4-11H2,1-3H3. The molecular formula is C14H26N2O4. The molecule has 0 saturated carbocycles. The van der Waals surface area contributed by atoms with E-state index in [1.807, 2.05) is 6.92 Å². The molecule has 0 bridgehead atoms. The molecule has 1 aliphatic heterocycles. The van der Waals surface area contributed by atoms with Crippen LogP contribution >= 0.6 is 0 Å². The third kappa shape index (κ3) is 5.36. The Balaban J connectivity index is 2.20. The summed E-state index contributed by atoms with van der Waals surface area (Å²) in [5.74, 6) is -0.255. The van der Waals surface area contributed by atoms with Gasteiger partial charge in [-0.1, -0.05) is 6.92 Å². The lowest BCUT2D eigenvalue weighted by molar-refractivity contribution is -0.151. The summed E-state index contributed by atoms with van der Waals surface area (Å²) in [6, 6.07) is 0.00443. The maximum atomic E-state index is 11.8. The van der Waals surface area contributed by atoms with Gasteiger partial charge in [-0.3, -0.25) is 4.79 Å². The molecule has 0 aromatic carbocycles. The summed E-state index contributed by atoms with van der Waals surface area (Å²) in [5.41, 5.74) is 0. The molecule has 0 aliphatic carbocycles. The zero-order valence-corrected chi connectivity index (χ0v) is 12.8. The lowest BCUT2D eigenvalue weighted by atomic mass is 9.97. The number of hydrogen-bond donors (Lipinski definition) is 0. The van der Waals surface area contributed by atoms with Gasteiger partial charge in [0.15, 0.2) is 0 Å². The predicted octanol–water partition coefficient (Wildman–Crippen LogP) is 1.35. The molecule has 116 valence electrons. The molecular weight excluding hydrogens is 260 g/mol. The topological polar surface area (TPSA) is 59.1 Å². The van der Waals surface area contributed by atoms with E-state index in [1.165, 1.54) is 0 Å². The summed E-state index contributed by atoms with van der Waals surface area (Å²) in [5, 5.41) is 0. The van der Waals surface area contributed by atoms with E-state index in [1.54, 1.807) is 23.9 Å². The van der Waals surface area contributed by atoms with E-state index in [0.29, 0.717) is 45.8 Å². The first-order valence-corrected chi connectivity index (χ1v) is 7.26. The molecule has 6 heteroatoms. The van der Waals surface area contributed by atoms with Gasteiger partial charge in [-0.05, 0) is 19.3 Å². The summed E-state index contributed by atoms with van der Waals surface area (Å²) in [6.45, 7) is 4.73. The Kier molecular flexibility index (Phi) is 7.36. The van der Waals surface area contributed by atoms with Crippen LogP contribution in [0.5, 0.6) is 0 Å². The second-order valence-corrected chi connectivity index (χ2v) is 5.22. The van der Waals surface area contributed by atoms with Crippen molar-refractivity contribution in [3.8, 4) is 0 Å². The predicted molar refractivity (Wildman–Crippen MR) is 75.4 cm³/mol. The van der Waals surface area contributed by atoms with Gasteiger partial charge in [0, 0.05) is 33.8 Å². The maximum absolute atomic E-state index is 11.8. The molecule has 1 fully saturated rings. The highest BCUT2D eigenvalue weighted by molar-refractivity contribution is 5.75. The normalized spacial score (nSPS) is 16.1. The molecule has 0 radical (unpaired) electrons. The number of carbonyl (C=O) groups excluding carboxylic acids is 2. The minimum absolute atomic E-state index is 0.00443. The Hall–Kier alpha value is -1.30. The molecule has 1 aliphatic rings. The number of nitrogens with zero attached hydrogens (tertiary/aromatic N) is 2. The van der Waals surface area contributed by atoms with Gasteiger partial charge in [0.05, 0.1) is 12.5 Å². The fourth-order valence-electron chi connectivity index (χ4n) is 2.15. The van der Waals surface area contributed by atoms with Crippen LogP contribution in [-0.4, -0.2) is 68.8 Å². The van der Waals surface area contributed by atoms with Gasteiger partial charge in [-0.25, -0.2) is 4.79 Å². The number of hydrogen-bond acceptors (Lipinski definition) is 4. The van der Waals surface area contributed by atoms with Crippen molar-refractivity contribution in [3.63, 3.8) is 0 Å². The number of amides is 2. The summed E-state index contributed by atoms with van der Waals surface area (Å²) in [4.78, 5) is 26.9. The molecule has 1 heterocycles. The van der Waals surface area contributed by atoms with Crippen molar-refractivity contribution in [2.75, 3.05) is 47.0 Å². The van der Waals surface area contributed by atoms with Crippen LogP contribution in [0.1, 0.15) is 26.2 Å². The summed E-state index contributed by atoms with van der Waals surface area (Å²) in [7, 11) is 3.47. The van der Waals surface area contributed by atoms with Crippen molar-refractivity contribution in [2.45, 2.75) is 26.2 Å². The molecule has 0 aromatic rings. The fraction of sp³-hybridized carbons (Fsp3) is 0.857. The quantitative estimate of drug-likeness (QED) is 0.546. The summed E-state index contributed by atoms with van der Waals surface area (Å²) in [6.07, 6.45) is 2.31. The smallest absolute Gasteiger partial charge is 0.319 e. The number of rotatable bonds is 6. The highest BCUT2D eigenvalue weighted by Gasteiger charge is 2.28. The Morgan fingerprint density at radius 3 is 2.35 bits per heavy atom. The van der Waals surface area contributed by atoms with E-state index in [2.05, 4.69) is 0 Å². The van der Waals surface area contributed by atoms with Crippen LogP contribution in [0, 0.1) is 5.92 Å². The summed E-state index contributed by atoms with van der Waals surface area (Å²) >= 11 is 0. The zero-order chi connectivity index (χ0) is 15.0. The first-order valence-electron chi connectivity index (χ1n) is 7.26. The van der Waals surface area contributed by atoms with Crippen molar-refractivity contribution >= 4 is 12.0 Å².